The van der Waals surface area contributed by atoms with E-state index in [1.807, 2.05) is 6.07 Å². The lowest BCUT2D eigenvalue weighted by atomic mass is 9.98. The van der Waals surface area contributed by atoms with Crippen LogP contribution in [0.25, 0.3) is 10.8 Å². The second-order valence-corrected chi connectivity index (χ2v) is 12.8. The molecule has 0 unspecified atom stereocenters. The molecule has 0 aliphatic heterocycles. The van der Waals surface area contributed by atoms with Gasteiger partial charge in [-0.3, -0.25) is 0 Å². The molecule has 25 heavy (non-hydrogen) atoms. The fourth-order valence-electron chi connectivity index (χ4n) is 2.65. The molecule has 0 amide bonds. The molecule has 3 nitrogen and oxygen atoms in total. The summed E-state index contributed by atoms with van der Waals surface area (Å²) in [4.78, 5) is 0. The maximum absolute atomic E-state index is 6.46. The predicted molar refractivity (Wildman–Crippen MR) is 108 cm³/mol. The maximum Gasteiger partial charge on any atom is 0.192 e. The Morgan fingerprint density at radius 2 is 1.72 bits per heavy atom. The van der Waals surface area contributed by atoms with Crippen molar-refractivity contribution in [2.75, 3.05) is 13.9 Å². The van der Waals surface area contributed by atoms with Crippen molar-refractivity contribution in [3.05, 3.63) is 41.5 Å². The highest BCUT2D eigenvalue weighted by Crippen LogP contribution is 2.38. The van der Waals surface area contributed by atoms with Crippen molar-refractivity contribution < 1.29 is 13.9 Å². The minimum Gasteiger partial charge on any atom is -0.467 e. The second kappa shape index (κ2) is 7.90. The summed E-state index contributed by atoms with van der Waals surface area (Å²) in [7, 11) is -0.140. The highest BCUT2D eigenvalue weighted by atomic mass is 28.4. The number of hydrogen-bond donors (Lipinski definition) is 0. The van der Waals surface area contributed by atoms with Gasteiger partial charge < -0.3 is 13.9 Å². The monoisotopic (exact) mass is 360 g/mol. The van der Waals surface area contributed by atoms with Gasteiger partial charge in [0, 0.05) is 12.5 Å². The second-order valence-electron chi connectivity index (χ2n) is 8.02. The smallest absolute Gasteiger partial charge is 0.192 e. The average Bonchev–Trinajstić information content (AvgIpc) is 2.56. The van der Waals surface area contributed by atoms with Crippen molar-refractivity contribution in [1.82, 2.24) is 0 Å². The summed E-state index contributed by atoms with van der Waals surface area (Å²) >= 11 is 0. The first-order chi connectivity index (χ1) is 11.7. The number of methoxy groups -OCH3 is 1. The Balaban J connectivity index is 2.42. The SMILES string of the molecule is CCc1cccc2c(CO[Si](C)(C)C(C)(C)C)ccc(OCOC)c12. The Bertz CT molecular complexity index is 717. The van der Waals surface area contributed by atoms with Crippen LogP contribution in [0.5, 0.6) is 5.75 Å². The van der Waals surface area contributed by atoms with E-state index >= 15 is 0 Å². The zero-order valence-corrected chi connectivity index (χ0v) is 17.7. The molecule has 0 atom stereocenters. The molecule has 0 N–H and O–H groups in total. The third-order valence-electron chi connectivity index (χ3n) is 5.29. The van der Waals surface area contributed by atoms with E-state index in [1.165, 1.54) is 21.9 Å². The Hall–Kier alpha value is -1.36. The van der Waals surface area contributed by atoms with Crippen molar-refractivity contribution in [2.45, 2.75) is 58.9 Å². The third kappa shape index (κ3) is 4.43. The van der Waals surface area contributed by atoms with Crippen molar-refractivity contribution in [2.24, 2.45) is 0 Å². The lowest BCUT2D eigenvalue weighted by Gasteiger charge is -2.36. The van der Waals surface area contributed by atoms with Crippen molar-refractivity contribution >= 4 is 19.1 Å². The summed E-state index contributed by atoms with van der Waals surface area (Å²) in [6.45, 7) is 14.5. The Kier molecular flexibility index (Phi) is 6.30. The van der Waals surface area contributed by atoms with Crippen LogP contribution in [0.4, 0.5) is 0 Å². The number of ether oxygens (including phenoxy) is 2. The summed E-state index contributed by atoms with van der Waals surface area (Å²) in [5, 5.41) is 2.60. The number of fused-ring (bicyclic) bond motifs is 1. The van der Waals surface area contributed by atoms with Gasteiger partial charge in [-0.1, -0.05) is 52.0 Å². The molecule has 4 heteroatoms. The van der Waals surface area contributed by atoms with Gasteiger partial charge in [-0.2, -0.15) is 0 Å². The summed E-state index contributed by atoms with van der Waals surface area (Å²) in [6, 6.07) is 10.6. The largest absolute Gasteiger partial charge is 0.467 e. The normalized spacial score (nSPS) is 12.6. The van der Waals surface area contributed by atoms with Crippen LogP contribution in [0.1, 0.15) is 38.8 Å². The number of benzene rings is 2. The van der Waals surface area contributed by atoms with Gasteiger partial charge in [-0.05, 0) is 47.1 Å². The quantitative estimate of drug-likeness (QED) is 0.454. The van der Waals surface area contributed by atoms with Gasteiger partial charge >= 0.3 is 0 Å². The summed E-state index contributed by atoms with van der Waals surface area (Å²) in [6.07, 6.45) is 0.966. The standard InChI is InChI=1S/C21H32O3Si/c1-8-16-10-9-11-18-17(14-24-25(6,7)21(2,3)4)12-13-19(20(16)18)23-15-22-5/h9-13H,8,14-15H2,1-7H3. The van der Waals surface area contributed by atoms with E-state index < -0.39 is 8.32 Å². The van der Waals surface area contributed by atoms with Crippen LogP contribution < -0.4 is 4.74 Å². The maximum atomic E-state index is 6.46. The average molecular weight is 361 g/mol. The van der Waals surface area contributed by atoms with Crippen LogP contribution in [0.3, 0.4) is 0 Å². The van der Waals surface area contributed by atoms with Gasteiger partial charge in [0.05, 0.1) is 6.61 Å². The highest BCUT2D eigenvalue weighted by molar-refractivity contribution is 6.74. The van der Waals surface area contributed by atoms with Crippen LogP contribution in [0, 0.1) is 0 Å². The van der Waals surface area contributed by atoms with Crippen LogP contribution in [-0.4, -0.2) is 22.2 Å². The fraction of sp³-hybridized carbons (Fsp3) is 0.524. The van der Waals surface area contributed by atoms with Gasteiger partial charge in [0.15, 0.2) is 15.1 Å². The van der Waals surface area contributed by atoms with Crippen LogP contribution >= 0.6 is 0 Å². The fourth-order valence-corrected chi connectivity index (χ4v) is 3.60. The third-order valence-corrected chi connectivity index (χ3v) is 9.77. The lowest BCUT2D eigenvalue weighted by Crippen LogP contribution is -2.40. The summed E-state index contributed by atoms with van der Waals surface area (Å²) in [5.74, 6) is 0.880. The Labute approximate surface area is 153 Å². The first kappa shape index (κ1) is 20.0. The molecular formula is C21H32O3Si. The van der Waals surface area contributed by atoms with Crippen LogP contribution in [0.2, 0.25) is 18.1 Å². The molecule has 0 radical (unpaired) electrons. The highest BCUT2D eigenvalue weighted by Gasteiger charge is 2.37. The Morgan fingerprint density at radius 1 is 1.00 bits per heavy atom. The minimum absolute atomic E-state index is 0.207. The topological polar surface area (TPSA) is 27.7 Å². The van der Waals surface area contributed by atoms with E-state index in [1.54, 1.807) is 7.11 Å². The molecule has 0 fully saturated rings. The molecule has 0 spiro atoms. The first-order valence-electron chi connectivity index (χ1n) is 9.00. The van der Waals surface area contributed by atoms with Crippen molar-refractivity contribution in [3.63, 3.8) is 0 Å². The van der Waals surface area contributed by atoms with Crippen LogP contribution in [0.15, 0.2) is 30.3 Å². The van der Waals surface area contributed by atoms with E-state index in [0.29, 0.717) is 6.61 Å². The van der Waals surface area contributed by atoms with Gasteiger partial charge in [0.1, 0.15) is 5.75 Å². The molecule has 0 saturated heterocycles. The molecule has 2 aromatic rings. The first-order valence-corrected chi connectivity index (χ1v) is 11.9. The summed E-state index contributed by atoms with van der Waals surface area (Å²) in [5.41, 5.74) is 2.51. The van der Waals surface area contributed by atoms with E-state index in [9.17, 15) is 0 Å². The zero-order valence-electron chi connectivity index (χ0n) is 16.7. The number of aryl methyl sites for hydroxylation is 1. The van der Waals surface area contributed by atoms with Crippen LogP contribution in [-0.2, 0) is 22.2 Å². The molecule has 0 saturated carbocycles. The lowest BCUT2D eigenvalue weighted by molar-refractivity contribution is 0.0522. The molecule has 2 aromatic carbocycles. The minimum atomic E-state index is -1.78. The predicted octanol–water partition coefficient (Wildman–Crippen LogP) is 5.91. The Morgan fingerprint density at radius 3 is 2.32 bits per heavy atom. The molecule has 0 bridgehead atoms. The molecule has 0 aliphatic rings. The molecule has 0 aliphatic carbocycles. The number of rotatable bonds is 7. The van der Waals surface area contributed by atoms with Crippen molar-refractivity contribution in [3.8, 4) is 5.75 Å². The van der Waals surface area contributed by atoms with E-state index in [2.05, 4.69) is 65.1 Å². The van der Waals surface area contributed by atoms with E-state index in [-0.39, 0.29) is 11.8 Å². The molecule has 138 valence electrons. The van der Waals surface area contributed by atoms with E-state index in [4.69, 9.17) is 13.9 Å². The van der Waals surface area contributed by atoms with Gasteiger partial charge in [-0.25, -0.2) is 0 Å². The zero-order chi connectivity index (χ0) is 18.7. The molecule has 0 aromatic heterocycles. The molecule has 2 rings (SSSR count). The molecule has 0 heterocycles. The molecular weight excluding hydrogens is 328 g/mol. The summed E-state index contributed by atoms with van der Waals surface area (Å²) < 4.78 is 17.4. The number of hydrogen-bond acceptors (Lipinski definition) is 3. The van der Waals surface area contributed by atoms with Crippen molar-refractivity contribution in [1.29, 1.82) is 0 Å². The van der Waals surface area contributed by atoms with E-state index in [0.717, 1.165) is 12.2 Å². The van der Waals surface area contributed by atoms with Gasteiger partial charge in [0.2, 0.25) is 0 Å². The van der Waals surface area contributed by atoms with Gasteiger partial charge in [0.25, 0.3) is 0 Å². The van der Waals surface area contributed by atoms with Gasteiger partial charge in [-0.15, -0.1) is 0 Å².